The van der Waals surface area contributed by atoms with Gasteiger partial charge in [-0.3, -0.25) is 4.79 Å². The summed E-state index contributed by atoms with van der Waals surface area (Å²) in [6.07, 6.45) is -6.03. The summed E-state index contributed by atoms with van der Waals surface area (Å²) >= 11 is 0. The normalized spacial score (nSPS) is 14.6. The van der Waals surface area contributed by atoms with Crippen LogP contribution >= 0.6 is 0 Å². The fraction of sp³-hybridized carbons (Fsp3) is 0.316. The van der Waals surface area contributed by atoms with E-state index in [2.05, 4.69) is 5.32 Å². The molecule has 0 unspecified atom stereocenters. The number of hydrogen-bond acceptors (Lipinski definition) is 3. The van der Waals surface area contributed by atoms with Gasteiger partial charge in [0.05, 0.1) is 36.6 Å². The quantitative estimate of drug-likeness (QED) is 0.423. The standard InChI is InChI=1S/C19H14F8N2O2/c20-14-10(15(21)17(23)18(24)16(14)22)8-13(30)28-11-7-9(19(25,26)27)1-2-12(11)29-3-5-31-6-4-29/h1-2,7H,3-6,8H2,(H,28,30). The maximum absolute atomic E-state index is 13.8. The Kier molecular flexibility index (Phi) is 6.39. The van der Waals surface area contributed by atoms with Gasteiger partial charge in [0.25, 0.3) is 0 Å². The van der Waals surface area contributed by atoms with Gasteiger partial charge in [-0.25, -0.2) is 22.0 Å². The van der Waals surface area contributed by atoms with Crippen molar-refractivity contribution in [1.29, 1.82) is 0 Å². The predicted octanol–water partition coefficient (Wildman–Crippen LogP) is 4.42. The monoisotopic (exact) mass is 454 g/mol. The Balaban J connectivity index is 1.93. The second-order valence-electron chi connectivity index (χ2n) is 6.60. The molecule has 1 amide bonds. The van der Waals surface area contributed by atoms with E-state index in [9.17, 15) is 39.9 Å². The zero-order chi connectivity index (χ0) is 22.9. The smallest absolute Gasteiger partial charge is 0.378 e. The molecule has 0 aliphatic carbocycles. The molecule has 1 saturated heterocycles. The lowest BCUT2D eigenvalue weighted by atomic mass is 10.1. The maximum Gasteiger partial charge on any atom is 0.416 e. The van der Waals surface area contributed by atoms with Crippen molar-refractivity contribution in [3.05, 3.63) is 58.4 Å². The molecule has 1 heterocycles. The summed E-state index contributed by atoms with van der Waals surface area (Å²) in [4.78, 5) is 13.9. The first-order chi connectivity index (χ1) is 14.5. The second-order valence-corrected chi connectivity index (χ2v) is 6.60. The molecule has 168 valence electrons. The minimum atomic E-state index is -4.75. The number of benzene rings is 2. The molecule has 4 nitrogen and oxygen atoms in total. The third kappa shape index (κ3) is 4.73. The van der Waals surface area contributed by atoms with E-state index in [4.69, 9.17) is 4.74 Å². The average Bonchev–Trinajstić information content (AvgIpc) is 2.74. The van der Waals surface area contributed by atoms with Crippen LogP contribution in [0.5, 0.6) is 0 Å². The number of alkyl halides is 3. The van der Waals surface area contributed by atoms with Crippen LogP contribution < -0.4 is 10.2 Å². The number of nitrogens with one attached hydrogen (secondary N) is 1. The molecule has 0 bridgehead atoms. The van der Waals surface area contributed by atoms with Gasteiger partial charge in [-0.05, 0) is 18.2 Å². The minimum Gasteiger partial charge on any atom is -0.378 e. The van der Waals surface area contributed by atoms with Crippen LogP contribution in [0.25, 0.3) is 0 Å². The van der Waals surface area contributed by atoms with E-state index < -0.39 is 58.7 Å². The molecule has 0 atom stereocenters. The van der Waals surface area contributed by atoms with Gasteiger partial charge >= 0.3 is 6.18 Å². The summed E-state index contributed by atoms with van der Waals surface area (Å²) in [6, 6.07) is 2.54. The largest absolute Gasteiger partial charge is 0.416 e. The van der Waals surface area contributed by atoms with E-state index in [1.807, 2.05) is 0 Å². The molecule has 2 aromatic rings. The molecular weight excluding hydrogens is 440 g/mol. The third-order valence-electron chi connectivity index (χ3n) is 4.59. The van der Waals surface area contributed by atoms with E-state index in [-0.39, 0.29) is 24.6 Å². The van der Waals surface area contributed by atoms with Crippen LogP contribution in [0.1, 0.15) is 11.1 Å². The van der Waals surface area contributed by atoms with Crippen LogP contribution in [0.3, 0.4) is 0 Å². The summed E-state index contributed by atoms with van der Waals surface area (Å²) in [5.74, 6) is -12.5. The van der Waals surface area contributed by atoms with Crippen molar-refractivity contribution in [3.63, 3.8) is 0 Å². The summed E-state index contributed by atoms with van der Waals surface area (Å²) in [7, 11) is 0. The van der Waals surface area contributed by atoms with Crippen molar-refractivity contribution in [2.24, 2.45) is 0 Å². The van der Waals surface area contributed by atoms with Crippen LogP contribution in [-0.4, -0.2) is 32.2 Å². The highest BCUT2D eigenvalue weighted by molar-refractivity contribution is 5.96. The number of hydrogen-bond donors (Lipinski definition) is 1. The fourth-order valence-electron chi connectivity index (χ4n) is 3.05. The van der Waals surface area contributed by atoms with Crippen LogP contribution in [-0.2, 0) is 22.1 Å². The Bertz CT molecular complexity index is 974. The highest BCUT2D eigenvalue weighted by Crippen LogP contribution is 2.36. The van der Waals surface area contributed by atoms with Gasteiger partial charge in [0.2, 0.25) is 11.7 Å². The summed E-state index contributed by atoms with van der Waals surface area (Å²) in [5, 5.41) is 2.08. The number of amides is 1. The van der Waals surface area contributed by atoms with Gasteiger partial charge in [0, 0.05) is 18.7 Å². The molecule has 1 N–H and O–H groups in total. The molecule has 0 saturated carbocycles. The molecule has 12 heteroatoms. The van der Waals surface area contributed by atoms with Gasteiger partial charge in [0.15, 0.2) is 23.3 Å². The average molecular weight is 454 g/mol. The molecule has 0 spiro atoms. The zero-order valence-electron chi connectivity index (χ0n) is 15.6. The number of nitrogens with zero attached hydrogens (tertiary/aromatic N) is 1. The van der Waals surface area contributed by atoms with Crippen molar-refractivity contribution in [2.45, 2.75) is 12.6 Å². The Morgan fingerprint density at radius 2 is 1.48 bits per heavy atom. The molecule has 1 aliphatic rings. The third-order valence-corrected chi connectivity index (χ3v) is 4.59. The SMILES string of the molecule is O=C(Cc1c(F)c(F)c(F)c(F)c1F)Nc1cc(C(F)(F)F)ccc1N1CCOCC1. The van der Waals surface area contributed by atoms with Crippen molar-refractivity contribution in [2.75, 3.05) is 36.5 Å². The number of morpholine rings is 1. The number of carbonyl (C=O) groups is 1. The molecule has 0 aromatic heterocycles. The lowest BCUT2D eigenvalue weighted by Crippen LogP contribution is -2.37. The van der Waals surface area contributed by atoms with Crippen molar-refractivity contribution in [3.8, 4) is 0 Å². The van der Waals surface area contributed by atoms with Crippen LogP contribution in [0.2, 0.25) is 0 Å². The van der Waals surface area contributed by atoms with Crippen LogP contribution in [0.4, 0.5) is 46.5 Å². The number of anilines is 2. The molecular formula is C19H14F8N2O2. The minimum absolute atomic E-state index is 0.182. The number of ether oxygens (including phenoxy) is 1. The molecule has 0 radical (unpaired) electrons. The van der Waals surface area contributed by atoms with E-state index in [1.165, 1.54) is 0 Å². The summed E-state index contributed by atoms with van der Waals surface area (Å²) in [5.41, 5.74) is -2.64. The number of halogens is 8. The number of rotatable bonds is 4. The Morgan fingerprint density at radius 3 is 2.03 bits per heavy atom. The summed E-state index contributed by atoms with van der Waals surface area (Å²) < 4.78 is 112. The highest BCUT2D eigenvalue weighted by Gasteiger charge is 2.32. The topological polar surface area (TPSA) is 41.6 Å². The Labute approximate surface area is 170 Å². The number of carbonyl (C=O) groups excluding carboxylic acids is 1. The van der Waals surface area contributed by atoms with Gasteiger partial charge in [-0.2, -0.15) is 13.2 Å². The van der Waals surface area contributed by atoms with Gasteiger partial charge in [0.1, 0.15) is 0 Å². The van der Waals surface area contributed by atoms with Gasteiger partial charge in [-0.15, -0.1) is 0 Å². The van der Waals surface area contributed by atoms with Crippen LogP contribution in [0.15, 0.2) is 18.2 Å². The lowest BCUT2D eigenvalue weighted by molar-refractivity contribution is -0.137. The van der Waals surface area contributed by atoms with Crippen molar-refractivity contribution in [1.82, 2.24) is 0 Å². The van der Waals surface area contributed by atoms with E-state index in [0.29, 0.717) is 19.2 Å². The molecule has 3 rings (SSSR count). The van der Waals surface area contributed by atoms with Gasteiger partial charge in [-0.1, -0.05) is 0 Å². The van der Waals surface area contributed by atoms with E-state index in [1.54, 1.807) is 4.90 Å². The Hall–Kier alpha value is -2.89. The first kappa shape index (κ1) is 22.8. The second kappa shape index (κ2) is 8.69. The Morgan fingerprint density at radius 1 is 0.935 bits per heavy atom. The fourth-order valence-corrected chi connectivity index (χ4v) is 3.05. The van der Waals surface area contributed by atoms with Gasteiger partial charge < -0.3 is 15.0 Å². The van der Waals surface area contributed by atoms with E-state index >= 15 is 0 Å². The van der Waals surface area contributed by atoms with Crippen molar-refractivity contribution >= 4 is 17.3 Å². The first-order valence-electron chi connectivity index (χ1n) is 8.84. The first-order valence-corrected chi connectivity index (χ1v) is 8.84. The zero-order valence-corrected chi connectivity index (χ0v) is 15.6. The lowest BCUT2D eigenvalue weighted by Gasteiger charge is -2.31. The molecule has 1 aliphatic heterocycles. The highest BCUT2D eigenvalue weighted by atomic mass is 19.4. The molecule has 31 heavy (non-hydrogen) atoms. The maximum atomic E-state index is 13.8. The predicted molar refractivity (Wildman–Crippen MR) is 93.0 cm³/mol. The summed E-state index contributed by atoms with van der Waals surface area (Å²) in [6.45, 7) is 1.15. The van der Waals surface area contributed by atoms with E-state index in [0.717, 1.165) is 12.1 Å². The van der Waals surface area contributed by atoms with Crippen molar-refractivity contribution < 1.29 is 44.7 Å². The van der Waals surface area contributed by atoms with Crippen LogP contribution in [0, 0.1) is 29.1 Å². The molecule has 2 aromatic carbocycles. The molecule has 1 fully saturated rings.